The van der Waals surface area contributed by atoms with Crippen molar-refractivity contribution in [1.82, 2.24) is 0 Å². The highest BCUT2D eigenvalue weighted by molar-refractivity contribution is 8.08. The molecule has 0 aromatic heterocycles. The molecule has 0 rings (SSSR count). The van der Waals surface area contributed by atoms with Crippen LogP contribution in [0.4, 0.5) is 0 Å². The van der Waals surface area contributed by atoms with Crippen LogP contribution in [-0.4, -0.2) is 15.9 Å². The summed E-state index contributed by atoms with van der Waals surface area (Å²) in [5, 5.41) is 0.931. The summed E-state index contributed by atoms with van der Waals surface area (Å²) in [5.74, 6) is 0. The quantitative estimate of drug-likeness (QED) is 0.420. The summed E-state index contributed by atoms with van der Waals surface area (Å²) in [6, 6.07) is 0. The highest BCUT2D eigenvalue weighted by atomic mass is 32.2. The average Bonchev–Trinajstić information content (AvgIpc) is 1.65. The minimum absolute atomic E-state index is 0.222. The van der Waals surface area contributed by atoms with Crippen molar-refractivity contribution >= 4 is 49.6 Å². The molecule has 52 valence electrons. The smallest absolute Gasteiger partial charge is 0.0414 e. The Morgan fingerprint density at radius 3 is 1.62 bits per heavy atom. The number of hydrogen-bond donors (Lipinski definition) is 3. The molecule has 0 saturated heterocycles. The standard InChI is InChI=1S/2C2H6S2/c1-4-2-3;1-2(3)4/h3H,2H2,1H3;2-4H,1H3. The first kappa shape index (κ1) is 12.1. The molecule has 0 aromatic rings. The van der Waals surface area contributed by atoms with Gasteiger partial charge in [-0.3, -0.25) is 0 Å². The van der Waals surface area contributed by atoms with Crippen molar-refractivity contribution < 1.29 is 0 Å². The molecular formula is C4H12S4. The van der Waals surface area contributed by atoms with Crippen LogP contribution in [0.2, 0.25) is 0 Å². The Morgan fingerprint density at radius 2 is 1.62 bits per heavy atom. The van der Waals surface area contributed by atoms with E-state index in [0.717, 1.165) is 5.08 Å². The van der Waals surface area contributed by atoms with Gasteiger partial charge in [-0.25, -0.2) is 0 Å². The zero-order valence-electron chi connectivity index (χ0n) is 5.03. The molecule has 0 aromatic carbocycles. The van der Waals surface area contributed by atoms with Gasteiger partial charge in [0.1, 0.15) is 0 Å². The van der Waals surface area contributed by atoms with Gasteiger partial charge in [0.25, 0.3) is 0 Å². The van der Waals surface area contributed by atoms with Gasteiger partial charge < -0.3 is 0 Å². The van der Waals surface area contributed by atoms with Crippen LogP contribution in [0.15, 0.2) is 0 Å². The SMILES string of the molecule is CC(S)S.CSCS. The first-order valence-corrected chi connectivity index (χ1v) is 5.17. The predicted molar refractivity (Wildman–Crippen MR) is 54.8 cm³/mol. The molecule has 0 amide bonds. The summed E-state index contributed by atoms with van der Waals surface area (Å²) in [6.07, 6.45) is 2.02. The number of thiol groups is 3. The molecule has 0 N–H and O–H groups in total. The Labute approximate surface area is 72.4 Å². The Morgan fingerprint density at radius 1 is 1.50 bits per heavy atom. The zero-order chi connectivity index (χ0) is 6.99. The highest BCUT2D eigenvalue weighted by Crippen LogP contribution is 1.93. The van der Waals surface area contributed by atoms with E-state index in [4.69, 9.17) is 0 Å². The van der Waals surface area contributed by atoms with E-state index in [1.807, 2.05) is 13.2 Å². The minimum atomic E-state index is 0.222. The van der Waals surface area contributed by atoms with Crippen molar-refractivity contribution in [1.29, 1.82) is 0 Å². The molecule has 0 saturated carbocycles. The second kappa shape index (κ2) is 11.2. The molecule has 0 unspecified atom stereocenters. The summed E-state index contributed by atoms with van der Waals surface area (Å²) in [5.41, 5.74) is 0. The Hall–Kier alpha value is 1.40. The fourth-order valence-electron chi connectivity index (χ4n) is 0. The van der Waals surface area contributed by atoms with Gasteiger partial charge in [-0.1, -0.05) is 0 Å². The summed E-state index contributed by atoms with van der Waals surface area (Å²) < 4.78 is 0.222. The van der Waals surface area contributed by atoms with Crippen LogP contribution >= 0.6 is 49.6 Å². The van der Waals surface area contributed by atoms with Gasteiger partial charge in [0.15, 0.2) is 0 Å². The third-order valence-corrected chi connectivity index (χ3v) is 1.16. The van der Waals surface area contributed by atoms with Gasteiger partial charge in [-0.2, -0.15) is 49.6 Å². The summed E-state index contributed by atoms with van der Waals surface area (Å²) in [6.45, 7) is 1.90. The monoisotopic (exact) mass is 188 g/mol. The highest BCUT2D eigenvalue weighted by Gasteiger charge is 1.69. The van der Waals surface area contributed by atoms with Gasteiger partial charge in [-0.05, 0) is 13.2 Å². The first-order valence-electron chi connectivity index (χ1n) is 2.11. The van der Waals surface area contributed by atoms with Crippen LogP contribution < -0.4 is 0 Å². The Bertz CT molecular complexity index is 24.5. The van der Waals surface area contributed by atoms with Crippen LogP contribution in [0.25, 0.3) is 0 Å². The van der Waals surface area contributed by atoms with Crippen molar-refractivity contribution in [3.63, 3.8) is 0 Å². The maximum absolute atomic E-state index is 3.88. The number of hydrogen-bond acceptors (Lipinski definition) is 4. The van der Waals surface area contributed by atoms with Crippen molar-refractivity contribution in [3.05, 3.63) is 0 Å². The zero-order valence-corrected chi connectivity index (χ0v) is 8.53. The summed E-state index contributed by atoms with van der Waals surface area (Å²) in [4.78, 5) is 0. The van der Waals surface area contributed by atoms with Gasteiger partial charge in [-0.15, -0.1) is 0 Å². The maximum Gasteiger partial charge on any atom is 0.0414 e. The molecule has 0 atom stereocenters. The molecule has 4 heteroatoms. The molecule has 0 aliphatic carbocycles. The van der Waals surface area contributed by atoms with Crippen LogP contribution in [0, 0.1) is 0 Å². The molecular weight excluding hydrogens is 176 g/mol. The van der Waals surface area contributed by atoms with Crippen LogP contribution in [0.5, 0.6) is 0 Å². The van der Waals surface area contributed by atoms with Gasteiger partial charge in [0.2, 0.25) is 0 Å². The van der Waals surface area contributed by atoms with Crippen molar-refractivity contribution in [2.45, 2.75) is 11.5 Å². The molecule has 0 aliphatic rings. The molecule has 0 heterocycles. The van der Waals surface area contributed by atoms with Gasteiger partial charge in [0, 0.05) is 9.67 Å². The van der Waals surface area contributed by atoms with Gasteiger partial charge >= 0.3 is 0 Å². The fourth-order valence-corrected chi connectivity index (χ4v) is 0. The van der Waals surface area contributed by atoms with E-state index in [1.54, 1.807) is 11.8 Å². The van der Waals surface area contributed by atoms with E-state index in [0.29, 0.717) is 0 Å². The molecule has 0 aliphatic heterocycles. The van der Waals surface area contributed by atoms with E-state index < -0.39 is 0 Å². The van der Waals surface area contributed by atoms with Crippen LogP contribution in [-0.2, 0) is 0 Å². The lowest BCUT2D eigenvalue weighted by atomic mass is 11.0. The third kappa shape index (κ3) is 52.6. The maximum atomic E-state index is 3.88. The minimum Gasteiger partial charge on any atom is -0.168 e. The largest absolute Gasteiger partial charge is 0.168 e. The lowest BCUT2D eigenvalue weighted by Gasteiger charge is -1.78. The molecule has 0 fully saturated rings. The predicted octanol–water partition coefficient (Wildman–Crippen LogP) is 2.43. The number of rotatable bonds is 1. The normalized spacial score (nSPS) is 8.25. The molecule has 0 nitrogen and oxygen atoms in total. The van der Waals surface area contributed by atoms with Crippen LogP contribution in [0.1, 0.15) is 6.92 Å². The van der Waals surface area contributed by atoms with Crippen molar-refractivity contribution in [2.75, 3.05) is 11.3 Å². The van der Waals surface area contributed by atoms with E-state index in [-0.39, 0.29) is 4.58 Å². The van der Waals surface area contributed by atoms with Crippen molar-refractivity contribution in [3.8, 4) is 0 Å². The summed E-state index contributed by atoms with van der Waals surface area (Å²) in [7, 11) is 0. The third-order valence-electron chi connectivity index (χ3n) is 0.129. The molecule has 0 radical (unpaired) electrons. The van der Waals surface area contributed by atoms with E-state index in [9.17, 15) is 0 Å². The summed E-state index contributed by atoms with van der Waals surface area (Å²) >= 11 is 13.3. The van der Waals surface area contributed by atoms with E-state index >= 15 is 0 Å². The average molecular weight is 188 g/mol. The topological polar surface area (TPSA) is 0 Å². The fraction of sp³-hybridized carbons (Fsp3) is 1.00. The number of thioether (sulfide) groups is 1. The Kier molecular flexibility index (Phi) is 17.0. The molecule has 8 heavy (non-hydrogen) atoms. The lowest BCUT2D eigenvalue weighted by molar-refractivity contribution is 1.45. The molecule has 0 spiro atoms. The van der Waals surface area contributed by atoms with E-state index in [1.165, 1.54) is 0 Å². The van der Waals surface area contributed by atoms with Crippen LogP contribution in [0.3, 0.4) is 0 Å². The van der Waals surface area contributed by atoms with Crippen molar-refractivity contribution in [2.24, 2.45) is 0 Å². The Balaban J connectivity index is 0. The van der Waals surface area contributed by atoms with Gasteiger partial charge in [0.05, 0.1) is 0 Å². The lowest BCUT2D eigenvalue weighted by Crippen LogP contribution is -1.64. The second-order valence-electron chi connectivity index (χ2n) is 1.05. The first-order chi connectivity index (χ1) is 3.65. The van der Waals surface area contributed by atoms with E-state index in [2.05, 4.69) is 37.9 Å². The second-order valence-corrected chi connectivity index (χ2v) is 4.62. The molecule has 0 bridgehead atoms.